The van der Waals surface area contributed by atoms with Crippen LogP contribution in [-0.4, -0.2) is 22.2 Å². The van der Waals surface area contributed by atoms with Gasteiger partial charge in [0.1, 0.15) is 11.4 Å². The van der Waals surface area contributed by atoms with E-state index in [1.807, 2.05) is 31.2 Å². The Morgan fingerprint density at radius 3 is 2.88 bits per heavy atom. The van der Waals surface area contributed by atoms with Crippen molar-refractivity contribution >= 4 is 5.97 Å². The molecule has 2 aromatic rings. The van der Waals surface area contributed by atoms with Gasteiger partial charge in [0, 0.05) is 18.0 Å². The lowest BCUT2D eigenvalue weighted by molar-refractivity contribution is 0.0688. The van der Waals surface area contributed by atoms with Crippen LogP contribution in [0.5, 0.6) is 5.75 Å². The predicted molar refractivity (Wildman–Crippen MR) is 63.9 cm³/mol. The third-order valence-electron chi connectivity index (χ3n) is 2.37. The molecule has 4 heteroatoms. The van der Waals surface area contributed by atoms with Crippen LogP contribution in [0.25, 0.3) is 5.69 Å². The summed E-state index contributed by atoms with van der Waals surface area (Å²) in [5.41, 5.74) is 1.01. The van der Waals surface area contributed by atoms with Gasteiger partial charge in [0.25, 0.3) is 0 Å². The molecule has 2 rings (SSSR count). The summed E-state index contributed by atoms with van der Waals surface area (Å²) in [5.74, 6) is -0.216. The van der Waals surface area contributed by atoms with Crippen LogP contribution in [0.4, 0.5) is 0 Å². The van der Waals surface area contributed by atoms with Crippen LogP contribution in [0.15, 0.2) is 42.6 Å². The molecule has 88 valence electrons. The first-order valence-electron chi connectivity index (χ1n) is 5.36. The van der Waals surface area contributed by atoms with E-state index in [9.17, 15) is 4.79 Å². The van der Waals surface area contributed by atoms with Crippen molar-refractivity contribution in [2.45, 2.75) is 6.92 Å². The molecule has 1 aromatic heterocycles. The second-order valence-electron chi connectivity index (χ2n) is 3.50. The molecular formula is C13H13NO3. The van der Waals surface area contributed by atoms with E-state index in [0.29, 0.717) is 6.61 Å². The van der Waals surface area contributed by atoms with E-state index in [1.165, 1.54) is 0 Å². The Morgan fingerprint density at radius 2 is 2.18 bits per heavy atom. The van der Waals surface area contributed by atoms with Crippen molar-refractivity contribution in [1.82, 2.24) is 4.57 Å². The molecule has 4 nitrogen and oxygen atoms in total. The highest BCUT2D eigenvalue weighted by Crippen LogP contribution is 2.19. The van der Waals surface area contributed by atoms with Gasteiger partial charge in [-0.05, 0) is 31.2 Å². The summed E-state index contributed by atoms with van der Waals surface area (Å²) >= 11 is 0. The van der Waals surface area contributed by atoms with Gasteiger partial charge >= 0.3 is 5.97 Å². The van der Waals surface area contributed by atoms with Crippen LogP contribution in [0.3, 0.4) is 0 Å². The Kier molecular flexibility index (Phi) is 3.14. The van der Waals surface area contributed by atoms with E-state index >= 15 is 0 Å². The molecule has 0 saturated heterocycles. The SMILES string of the molecule is CCOc1cccc(-n2cccc2C(=O)O)c1. The van der Waals surface area contributed by atoms with Gasteiger partial charge in [0.15, 0.2) is 0 Å². The molecule has 0 unspecified atom stereocenters. The van der Waals surface area contributed by atoms with Gasteiger partial charge in [-0.1, -0.05) is 6.07 Å². The topological polar surface area (TPSA) is 51.5 Å². The van der Waals surface area contributed by atoms with E-state index in [2.05, 4.69) is 0 Å². The number of carbonyl (C=O) groups is 1. The van der Waals surface area contributed by atoms with Crippen molar-refractivity contribution in [3.8, 4) is 11.4 Å². The zero-order chi connectivity index (χ0) is 12.3. The molecule has 0 aliphatic heterocycles. The molecule has 0 aliphatic rings. The van der Waals surface area contributed by atoms with Crippen molar-refractivity contribution in [2.24, 2.45) is 0 Å². The summed E-state index contributed by atoms with van der Waals surface area (Å²) in [4.78, 5) is 11.0. The summed E-state index contributed by atoms with van der Waals surface area (Å²) in [6, 6.07) is 10.6. The number of aromatic nitrogens is 1. The molecule has 1 N–H and O–H groups in total. The van der Waals surface area contributed by atoms with Gasteiger partial charge in [0.2, 0.25) is 0 Å². The number of benzene rings is 1. The van der Waals surface area contributed by atoms with Gasteiger partial charge in [-0.2, -0.15) is 0 Å². The van der Waals surface area contributed by atoms with Crippen LogP contribution >= 0.6 is 0 Å². The number of hydrogen-bond donors (Lipinski definition) is 1. The first-order chi connectivity index (χ1) is 8.22. The molecule has 0 bridgehead atoms. The third kappa shape index (κ3) is 2.30. The molecule has 0 saturated carbocycles. The Morgan fingerprint density at radius 1 is 1.35 bits per heavy atom. The summed E-state index contributed by atoms with van der Waals surface area (Å²) in [6.07, 6.45) is 1.72. The lowest BCUT2D eigenvalue weighted by Gasteiger charge is -2.08. The van der Waals surface area contributed by atoms with Crippen molar-refractivity contribution in [3.63, 3.8) is 0 Å². The molecule has 0 atom stereocenters. The Labute approximate surface area is 99.1 Å². The zero-order valence-electron chi connectivity index (χ0n) is 9.46. The second-order valence-corrected chi connectivity index (χ2v) is 3.50. The fourth-order valence-electron chi connectivity index (χ4n) is 1.67. The monoisotopic (exact) mass is 231 g/mol. The van der Waals surface area contributed by atoms with Gasteiger partial charge in [-0.3, -0.25) is 0 Å². The third-order valence-corrected chi connectivity index (χ3v) is 2.37. The van der Waals surface area contributed by atoms with E-state index in [1.54, 1.807) is 22.9 Å². The predicted octanol–water partition coefficient (Wildman–Crippen LogP) is 2.57. The molecule has 0 amide bonds. The van der Waals surface area contributed by atoms with Gasteiger partial charge in [0.05, 0.1) is 6.61 Å². The number of carboxylic acid groups (broad SMARTS) is 1. The lowest BCUT2D eigenvalue weighted by Crippen LogP contribution is -2.05. The Bertz CT molecular complexity index is 531. The molecule has 0 aliphatic carbocycles. The maximum atomic E-state index is 11.0. The van der Waals surface area contributed by atoms with E-state index in [-0.39, 0.29) is 5.69 Å². The van der Waals surface area contributed by atoms with E-state index < -0.39 is 5.97 Å². The molecule has 17 heavy (non-hydrogen) atoms. The van der Waals surface area contributed by atoms with Crippen LogP contribution in [0.2, 0.25) is 0 Å². The number of ether oxygens (including phenoxy) is 1. The first-order valence-corrected chi connectivity index (χ1v) is 5.36. The van der Waals surface area contributed by atoms with Crippen molar-refractivity contribution in [1.29, 1.82) is 0 Å². The van der Waals surface area contributed by atoms with E-state index in [0.717, 1.165) is 11.4 Å². The number of hydrogen-bond acceptors (Lipinski definition) is 2. The summed E-state index contributed by atoms with van der Waals surface area (Å²) in [6.45, 7) is 2.49. The second kappa shape index (κ2) is 4.74. The number of nitrogens with zero attached hydrogens (tertiary/aromatic N) is 1. The smallest absolute Gasteiger partial charge is 0.352 e. The van der Waals surface area contributed by atoms with Gasteiger partial charge in [-0.25, -0.2) is 4.79 Å². The average molecular weight is 231 g/mol. The number of rotatable bonds is 4. The highest BCUT2D eigenvalue weighted by atomic mass is 16.5. The summed E-state index contributed by atoms with van der Waals surface area (Å²) in [7, 11) is 0. The minimum absolute atomic E-state index is 0.235. The molecule has 1 aromatic carbocycles. The molecule has 0 fully saturated rings. The molecule has 0 radical (unpaired) electrons. The lowest BCUT2D eigenvalue weighted by atomic mass is 10.3. The summed E-state index contributed by atoms with van der Waals surface area (Å²) in [5, 5.41) is 9.04. The number of aromatic carboxylic acids is 1. The largest absolute Gasteiger partial charge is 0.494 e. The summed E-state index contributed by atoms with van der Waals surface area (Å²) < 4.78 is 7.00. The standard InChI is InChI=1S/C13H13NO3/c1-2-17-11-6-3-5-10(9-11)14-8-4-7-12(14)13(15)16/h3-9H,2H2,1H3,(H,15,16). The minimum Gasteiger partial charge on any atom is -0.494 e. The first kappa shape index (κ1) is 11.3. The normalized spacial score (nSPS) is 10.2. The molecular weight excluding hydrogens is 218 g/mol. The van der Waals surface area contributed by atoms with Crippen molar-refractivity contribution < 1.29 is 14.6 Å². The molecule has 0 spiro atoms. The zero-order valence-corrected chi connectivity index (χ0v) is 9.46. The highest BCUT2D eigenvalue weighted by molar-refractivity contribution is 5.86. The number of carboxylic acids is 1. The minimum atomic E-state index is -0.947. The quantitative estimate of drug-likeness (QED) is 0.879. The Hall–Kier alpha value is -2.23. The maximum Gasteiger partial charge on any atom is 0.352 e. The molecule has 1 heterocycles. The van der Waals surface area contributed by atoms with Crippen LogP contribution in [-0.2, 0) is 0 Å². The van der Waals surface area contributed by atoms with Crippen LogP contribution in [0.1, 0.15) is 17.4 Å². The Balaban J connectivity index is 2.42. The van der Waals surface area contributed by atoms with Crippen molar-refractivity contribution in [2.75, 3.05) is 6.61 Å². The average Bonchev–Trinajstić information content (AvgIpc) is 2.79. The fraction of sp³-hybridized carbons (Fsp3) is 0.154. The van der Waals surface area contributed by atoms with Gasteiger partial charge in [-0.15, -0.1) is 0 Å². The van der Waals surface area contributed by atoms with E-state index in [4.69, 9.17) is 9.84 Å². The fourth-order valence-corrected chi connectivity index (χ4v) is 1.67. The maximum absolute atomic E-state index is 11.0. The van der Waals surface area contributed by atoms with Gasteiger partial charge < -0.3 is 14.4 Å². The van der Waals surface area contributed by atoms with Crippen LogP contribution < -0.4 is 4.74 Å². The highest BCUT2D eigenvalue weighted by Gasteiger charge is 2.10. The van der Waals surface area contributed by atoms with Crippen LogP contribution in [0, 0.1) is 0 Å². The van der Waals surface area contributed by atoms with Crippen molar-refractivity contribution in [3.05, 3.63) is 48.3 Å².